The number of epoxide rings is 2. The summed E-state index contributed by atoms with van der Waals surface area (Å²) in [5.74, 6) is 0.761. The molecule has 2 saturated carbocycles. The maximum atomic E-state index is 9.25. The van der Waals surface area contributed by atoms with Crippen molar-refractivity contribution in [2.24, 2.45) is 11.8 Å². The molecule has 4 N–H and O–H groups in total. The molecule has 0 bridgehead atoms. The van der Waals surface area contributed by atoms with Crippen LogP contribution in [0.2, 0.25) is 0 Å². The van der Waals surface area contributed by atoms with Crippen LogP contribution in [0.4, 0.5) is 0 Å². The molecule has 2 saturated heterocycles. The summed E-state index contributed by atoms with van der Waals surface area (Å²) in [5, 5.41) is 36.3. The quantitative estimate of drug-likeness (QED) is 0.538. The van der Waals surface area contributed by atoms with E-state index in [9.17, 15) is 10.2 Å². The maximum absolute atomic E-state index is 9.25. The normalized spacial score (nSPS) is 47.7. The van der Waals surface area contributed by atoms with Crippen molar-refractivity contribution in [1.82, 2.24) is 0 Å². The highest BCUT2D eigenvalue weighted by atomic mass is 16.6. The van der Waals surface area contributed by atoms with Gasteiger partial charge in [0.15, 0.2) is 0 Å². The number of rotatable bonds is 3. The van der Waals surface area contributed by atoms with Gasteiger partial charge in [-0.15, -0.1) is 0 Å². The predicted molar refractivity (Wildman–Crippen MR) is 78.2 cm³/mol. The highest BCUT2D eigenvalue weighted by Gasteiger charge is 2.48. The summed E-state index contributed by atoms with van der Waals surface area (Å²) in [6, 6.07) is 0. The minimum Gasteiger partial charge on any atom is -0.394 e. The third-order valence-corrected chi connectivity index (χ3v) is 5.48. The Morgan fingerprint density at radius 2 is 1.68 bits per heavy atom. The molecule has 6 heteroatoms. The lowest BCUT2D eigenvalue weighted by Crippen LogP contribution is -2.38. The van der Waals surface area contributed by atoms with E-state index < -0.39 is 18.3 Å². The Morgan fingerprint density at radius 3 is 2.27 bits per heavy atom. The summed E-state index contributed by atoms with van der Waals surface area (Å²) in [4.78, 5) is 0. The molecule has 0 amide bonds. The molecule has 8 atom stereocenters. The van der Waals surface area contributed by atoms with Crippen LogP contribution in [-0.4, -0.2) is 70.3 Å². The van der Waals surface area contributed by atoms with Gasteiger partial charge in [-0.3, -0.25) is 0 Å². The van der Waals surface area contributed by atoms with Gasteiger partial charge in [-0.05, 0) is 50.4 Å². The molecule has 0 aromatic carbocycles. The first kappa shape index (κ1) is 16.6. The van der Waals surface area contributed by atoms with Crippen LogP contribution in [0.3, 0.4) is 0 Å². The van der Waals surface area contributed by atoms with Gasteiger partial charge in [-0.2, -0.15) is 0 Å². The Hall–Kier alpha value is -0.240. The average molecular weight is 316 g/mol. The lowest BCUT2D eigenvalue weighted by molar-refractivity contribution is -0.0585. The van der Waals surface area contributed by atoms with Gasteiger partial charge >= 0.3 is 0 Å². The van der Waals surface area contributed by atoms with Crippen LogP contribution in [0.25, 0.3) is 0 Å². The topological polar surface area (TPSA) is 106 Å². The van der Waals surface area contributed by atoms with E-state index in [1.807, 2.05) is 0 Å². The minimum atomic E-state index is -0.757. The first-order chi connectivity index (χ1) is 10.6. The number of aliphatic hydroxyl groups excluding tert-OH is 4. The SMILES string of the molecule is C1CC2OC2CC1C1CO1.OCC(O)C1CCC(O)C(O)C1. The Labute approximate surface area is 131 Å². The summed E-state index contributed by atoms with van der Waals surface area (Å²) in [5.41, 5.74) is 0. The van der Waals surface area contributed by atoms with Crippen LogP contribution in [-0.2, 0) is 9.47 Å². The second-order valence-electron chi connectivity index (χ2n) is 7.12. The molecule has 4 aliphatic rings. The van der Waals surface area contributed by atoms with Gasteiger partial charge < -0.3 is 29.9 Å². The van der Waals surface area contributed by atoms with Gasteiger partial charge in [-0.1, -0.05) is 0 Å². The fraction of sp³-hybridized carbons (Fsp3) is 1.00. The monoisotopic (exact) mass is 316 g/mol. The van der Waals surface area contributed by atoms with Crippen molar-refractivity contribution < 1.29 is 29.9 Å². The van der Waals surface area contributed by atoms with Crippen LogP contribution in [0.1, 0.15) is 38.5 Å². The van der Waals surface area contributed by atoms with Crippen LogP contribution >= 0.6 is 0 Å². The number of hydrogen-bond acceptors (Lipinski definition) is 6. The molecule has 2 heterocycles. The number of aliphatic hydroxyl groups is 4. The molecule has 0 radical (unpaired) electrons. The van der Waals surface area contributed by atoms with E-state index in [4.69, 9.17) is 19.7 Å². The summed E-state index contributed by atoms with van der Waals surface area (Å²) < 4.78 is 10.7. The van der Waals surface area contributed by atoms with Crippen molar-refractivity contribution in [1.29, 1.82) is 0 Å². The molecule has 4 rings (SSSR count). The fourth-order valence-electron chi connectivity index (χ4n) is 3.76. The molecule has 2 aliphatic heterocycles. The Bertz CT molecular complexity index is 361. The lowest BCUT2D eigenvalue weighted by Gasteiger charge is -2.32. The summed E-state index contributed by atoms with van der Waals surface area (Å²) >= 11 is 0. The zero-order valence-electron chi connectivity index (χ0n) is 12.9. The van der Waals surface area contributed by atoms with E-state index in [1.54, 1.807) is 0 Å². The zero-order valence-corrected chi connectivity index (χ0v) is 12.9. The maximum Gasteiger partial charge on any atom is 0.0845 e. The summed E-state index contributed by atoms with van der Waals surface area (Å²) in [7, 11) is 0. The molecule has 0 aromatic heterocycles. The third kappa shape index (κ3) is 4.19. The molecule has 0 spiro atoms. The van der Waals surface area contributed by atoms with Crippen molar-refractivity contribution in [3.8, 4) is 0 Å². The molecular weight excluding hydrogens is 288 g/mol. The second kappa shape index (κ2) is 7.11. The molecule has 128 valence electrons. The third-order valence-electron chi connectivity index (χ3n) is 5.48. The van der Waals surface area contributed by atoms with Crippen LogP contribution in [0.15, 0.2) is 0 Å². The number of fused-ring (bicyclic) bond motifs is 1. The smallest absolute Gasteiger partial charge is 0.0845 e. The van der Waals surface area contributed by atoms with Gasteiger partial charge in [0.25, 0.3) is 0 Å². The Kier molecular flexibility index (Phi) is 5.37. The molecule has 4 fully saturated rings. The molecule has 8 unspecified atom stereocenters. The first-order valence-corrected chi connectivity index (χ1v) is 8.50. The Morgan fingerprint density at radius 1 is 0.909 bits per heavy atom. The lowest BCUT2D eigenvalue weighted by atomic mass is 9.82. The van der Waals surface area contributed by atoms with Gasteiger partial charge in [0.1, 0.15) is 0 Å². The summed E-state index contributed by atoms with van der Waals surface area (Å²) in [6.07, 6.45) is 5.18. The van der Waals surface area contributed by atoms with Crippen molar-refractivity contribution in [3.63, 3.8) is 0 Å². The predicted octanol–water partition coefficient (Wildman–Crippen LogP) is -0.186. The van der Waals surface area contributed by atoms with Gasteiger partial charge in [0, 0.05) is 0 Å². The van der Waals surface area contributed by atoms with E-state index >= 15 is 0 Å². The molecular formula is C16H28O6. The van der Waals surface area contributed by atoms with Crippen LogP contribution in [0.5, 0.6) is 0 Å². The van der Waals surface area contributed by atoms with Gasteiger partial charge in [0.2, 0.25) is 0 Å². The average Bonchev–Trinajstić information content (AvgIpc) is 3.40. The van der Waals surface area contributed by atoms with E-state index in [0.717, 1.165) is 12.5 Å². The highest BCUT2D eigenvalue weighted by molar-refractivity contribution is 4.96. The fourth-order valence-corrected chi connectivity index (χ4v) is 3.76. The highest BCUT2D eigenvalue weighted by Crippen LogP contribution is 2.43. The largest absolute Gasteiger partial charge is 0.394 e. The van der Waals surface area contributed by atoms with E-state index in [-0.39, 0.29) is 12.5 Å². The number of hydrogen-bond donors (Lipinski definition) is 4. The molecule has 6 nitrogen and oxygen atoms in total. The van der Waals surface area contributed by atoms with Gasteiger partial charge in [0.05, 0.1) is 49.8 Å². The zero-order chi connectivity index (χ0) is 15.7. The molecule has 2 aliphatic carbocycles. The Balaban J connectivity index is 0.000000132. The van der Waals surface area contributed by atoms with E-state index in [2.05, 4.69) is 0 Å². The van der Waals surface area contributed by atoms with Crippen LogP contribution < -0.4 is 0 Å². The van der Waals surface area contributed by atoms with E-state index in [0.29, 0.717) is 37.6 Å². The van der Waals surface area contributed by atoms with Crippen molar-refractivity contribution >= 4 is 0 Å². The first-order valence-electron chi connectivity index (χ1n) is 8.50. The van der Waals surface area contributed by atoms with Gasteiger partial charge in [-0.25, -0.2) is 0 Å². The van der Waals surface area contributed by atoms with Crippen molar-refractivity contribution in [2.75, 3.05) is 13.2 Å². The van der Waals surface area contributed by atoms with E-state index in [1.165, 1.54) is 19.3 Å². The summed E-state index contributed by atoms with van der Waals surface area (Å²) in [6.45, 7) is 0.746. The second-order valence-corrected chi connectivity index (χ2v) is 7.12. The minimum absolute atomic E-state index is 0.0756. The van der Waals surface area contributed by atoms with Crippen LogP contribution in [0, 0.1) is 11.8 Å². The molecule has 22 heavy (non-hydrogen) atoms. The van der Waals surface area contributed by atoms with Crippen molar-refractivity contribution in [2.45, 2.75) is 75.1 Å². The van der Waals surface area contributed by atoms with Crippen molar-refractivity contribution in [3.05, 3.63) is 0 Å². The number of ether oxygens (including phenoxy) is 2. The standard InChI is InChI=1S/C8H16O4.C8H12O2/c9-4-8(12)5-1-2-6(10)7(11)3-5;1-2-6-7(10-6)3-5(1)8-4-9-8/h5-12H,1-4H2;5-8H,1-4H2. The molecule has 0 aromatic rings.